The Balaban J connectivity index is 0.000001000. The predicted molar refractivity (Wildman–Crippen MR) is 49.2 cm³/mol. The highest BCUT2D eigenvalue weighted by atomic mass is 35.5. The van der Waals surface area contributed by atoms with Crippen LogP contribution in [0.1, 0.15) is 26.7 Å². The van der Waals surface area contributed by atoms with Crippen molar-refractivity contribution in [2.75, 3.05) is 13.6 Å². The molecule has 0 amide bonds. The molecule has 68 valence electrons. The SMILES string of the molecule is CN1CCCC(O)C1(C)C.Cl. The number of likely N-dealkylation sites (tertiary alicyclic amines) is 1. The highest BCUT2D eigenvalue weighted by molar-refractivity contribution is 5.85. The van der Waals surface area contributed by atoms with Gasteiger partial charge < -0.3 is 5.11 Å². The Morgan fingerprint density at radius 2 is 2.00 bits per heavy atom. The summed E-state index contributed by atoms with van der Waals surface area (Å²) < 4.78 is 0. The van der Waals surface area contributed by atoms with Gasteiger partial charge in [-0.05, 0) is 40.3 Å². The van der Waals surface area contributed by atoms with Crippen LogP contribution < -0.4 is 0 Å². The van der Waals surface area contributed by atoms with Crippen LogP contribution in [0.3, 0.4) is 0 Å². The van der Waals surface area contributed by atoms with E-state index in [1.54, 1.807) is 0 Å². The minimum atomic E-state index is -0.147. The lowest BCUT2D eigenvalue weighted by atomic mass is 9.88. The number of rotatable bonds is 0. The van der Waals surface area contributed by atoms with E-state index in [0.717, 1.165) is 19.4 Å². The summed E-state index contributed by atoms with van der Waals surface area (Å²) in [5.41, 5.74) is -0.0156. The molecular weight excluding hydrogens is 162 g/mol. The number of hydrogen-bond acceptors (Lipinski definition) is 2. The predicted octanol–water partition coefficient (Wildman–Crippen LogP) is 1.27. The Kier molecular flexibility index (Phi) is 3.82. The van der Waals surface area contributed by atoms with Crippen molar-refractivity contribution in [3.8, 4) is 0 Å². The zero-order valence-corrected chi connectivity index (χ0v) is 8.32. The molecule has 1 aliphatic rings. The molecule has 1 N–H and O–H groups in total. The van der Waals surface area contributed by atoms with Crippen molar-refractivity contribution in [1.82, 2.24) is 4.90 Å². The highest BCUT2D eigenvalue weighted by Gasteiger charge is 2.34. The van der Waals surface area contributed by atoms with Gasteiger partial charge in [-0.2, -0.15) is 0 Å². The van der Waals surface area contributed by atoms with Gasteiger partial charge in [-0.1, -0.05) is 0 Å². The monoisotopic (exact) mass is 179 g/mol. The first-order valence-electron chi connectivity index (χ1n) is 3.94. The maximum atomic E-state index is 9.57. The molecule has 1 saturated heterocycles. The Morgan fingerprint density at radius 1 is 1.45 bits per heavy atom. The maximum Gasteiger partial charge on any atom is 0.0718 e. The van der Waals surface area contributed by atoms with Crippen molar-refractivity contribution in [3.05, 3.63) is 0 Å². The lowest BCUT2D eigenvalue weighted by Crippen LogP contribution is -2.54. The second kappa shape index (κ2) is 3.74. The van der Waals surface area contributed by atoms with Gasteiger partial charge in [0.25, 0.3) is 0 Å². The van der Waals surface area contributed by atoms with E-state index in [9.17, 15) is 5.11 Å². The number of likely N-dealkylation sites (N-methyl/N-ethyl adjacent to an activating group) is 1. The van der Waals surface area contributed by atoms with Gasteiger partial charge in [-0.3, -0.25) is 4.90 Å². The molecule has 1 aliphatic heterocycles. The van der Waals surface area contributed by atoms with Crippen molar-refractivity contribution < 1.29 is 5.11 Å². The number of halogens is 1. The van der Waals surface area contributed by atoms with Crippen LogP contribution in [0.25, 0.3) is 0 Å². The molecule has 0 aromatic heterocycles. The van der Waals surface area contributed by atoms with Crippen molar-refractivity contribution in [1.29, 1.82) is 0 Å². The number of piperidine rings is 1. The molecule has 1 atom stereocenters. The molecule has 3 heteroatoms. The van der Waals surface area contributed by atoms with Crippen molar-refractivity contribution in [2.24, 2.45) is 0 Å². The van der Waals surface area contributed by atoms with Crippen LogP contribution in [-0.4, -0.2) is 35.2 Å². The second-order valence-corrected chi connectivity index (χ2v) is 3.73. The van der Waals surface area contributed by atoms with Crippen LogP contribution >= 0.6 is 12.4 Å². The number of hydrogen-bond donors (Lipinski definition) is 1. The largest absolute Gasteiger partial charge is 0.391 e. The van der Waals surface area contributed by atoms with E-state index in [0.29, 0.717) is 0 Å². The standard InChI is InChI=1S/C8H17NO.ClH/c1-8(2)7(10)5-4-6-9(8)3;/h7,10H,4-6H2,1-3H3;1H. The summed E-state index contributed by atoms with van der Waals surface area (Å²) in [4.78, 5) is 2.22. The average Bonchev–Trinajstić information content (AvgIpc) is 1.84. The van der Waals surface area contributed by atoms with Crippen LogP contribution in [0.4, 0.5) is 0 Å². The summed E-state index contributed by atoms with van der Waals surface area (Å²) in [5, 5.41) is 9.57. The van der Waals surface area contributed by atoms with E-state index in [-0.39, 0.29) is 24.0 Å². The molecule has 1 heterocycles. The Hall–Kier alpha value is 0.210. The van der Waals surface area contributed by atoms with Gasteiger partial charge in [-0.25, -0.2) is 0 Å². The van der Waals surface area contributed by atoms with E-state index >= 15 is 0 Å². The zero-order chi connectivity index (χ0) is 7.78. The summed E-state index contributed by atoms with van der Waals surface area (Å²) >= 11 is 0. The van der Waals surface area contributed by atoms with Crippen molar-refractivity contribution in [3.63, 3.8) is 0 Å². The number of aliphatic hydroxyl groups is 1. The molecule has 0 aliphatic carbocycles. The minimum absolute atomic E-state index is 0. The molecule has 0 bridgehead atoms. The van der Waals surface area contributed by atoms with Gasteiger partial charge >= 0.3 is 0 Å². The van der Waals surface area contributed by atoms with Crippen LogP contribution in [0, 0.1) is 0 Å². The summed E-state index contributed by atoms with van der Waals surface area (Å²) in [6.07, 6.45) is 1.93. The molecule has 0 spiro atoms. The third-order valence-corrected chi connectivity index (χ3v) is 2.77. The molecule has 1 rings (SSSR count). The molecule has 0 radical (unpaired) electrons. The molecule has 1 fully saturated rings. The molecular formula is C8H18ClNO. The van der Waals surface area contributed by atoms with E-state index in [1.165, 1.54) is 0 Å². The molecule has 0 aromatic carbocycles. The number of aliphatic hydroxyl groups excluding tert-OH is 1. The van der Waals surface area contributed by atoms with Crippen LogP contribution in [0.2, 0.25) is 0 Å². The summed E-state index contributed by atoms with van der Waals surface area (Å²) in [6, 6.07) is 0. The first-order valence-corrected chi connectivity index (χ1v) is 3.94. The van der Waals surface area contributed by atoms with Crippen LogP contribution in [0.5, 0.6) is 0 Å². The quantitative estimate of drug-likeness (QED) is 0.606. The van der Waals surface area contributed by atoms with Gasteiger partial charge in [0.2, 0.25) is 0 Å². The topological polar surface area (TPSA) is 23.5 Å². The van der Waals surface area contributed by atoms with E-state index in [2.05, 4.69) is 25.8 Å². The average molecular weight is 180 g/mol. The molecule has 2 nitrogen and oxygen atoms in total. The van der Waals surface area contributed by atoms with Gasteiger partial charge in [0.15, 0.2) is 0 Å². The van der Waals surface area contributed by atoms with Gasteiger partial charge in [-0.15, -0.1) is 12.4 Å². The van der Waals surface area contributed by atoms with E-state index < -0.39 is 0 Å². The third kappa shape index (κ3) is 2.08. The molecule has 11 heavy (non-hydrogen) atoms. The normalized spacial score (nSPS) is 31.1. The number of nitrogens with zero attached hydrogens (tertiary/aromatic N) is 1. The lowest BCUT2D eigenvalue weighted by Gasteiger charge is -2.43. The first-order chi connectivity index (χ1) is 4.55. The Labute approximate surface area is 75.0 Å². The fourth-order valence-corrected chi connectivity index (χ4v) is 1.42. The van der Waals surface area contributed by atoms with Gasteiger partial charge in [0, 0.05) is 5.54 Å². The first kappa shape index (κ1) is 11.2. The third-order valence-electron chi connectivity index (χ3n) is 2.77. The minimum Gasteiger partial charge on any atom is -0.391 e. The smallest absolute Gasteiger partial charge is 0.0718 e. The summed E-state index contributed by atoms with van der Waals surface area (Å²) in [5.74, 6) is 0. The lowest BCUT2D eigenvalue weighted by molar-refractivity contribution is -0.0295. The summed E-state index contributed by atoms with van der Waals surface area (Å²) in [6.45, 7) is 5.30. The van der Waals surface area contributed by atoms with Gasteiger partial charge in [0.05, 0.1) is 6.10 Å². The zero-order valence-electron chi connectivity index (χ0n) is 7.50. The molecule has 0 saturated carbocycles. The van der Waals surface area contributed by atoms with Gasteiger partial charge in [0.1, 0.15) is 0 Å². The van der Waals surface area contributed by atoms with Crippen molar-refractivity contribution in [2.45, 2.75) is 38.3 Å². The van der Waals surface area contributed by atoms with Crippen LogP contribution in [0.15, 0.2) is 0 Å². The maximum absolute atomic E-state index is 9.57. The molecule has 1 unspecified atom stereocenters. The highest BCUT2D eigenvalue weighted by Crippen LogP contribution is 2.25. The Morgan fingerprint density at radius 3 is 2.36 bits per heavy atom. The molecule has 0 aromatic rings. The van der Waals surface area contributed by atoms with E-state index in [4.69, 9.17) is 0 Å². The fourth-order valence-electron chi connectivity index (χ4n) is 1.42. The summed E-state index contributed by atoms with van der Waals surface area (Å²) in [7, 11) is 2.07. The second-order valence-electron chi connectivity index (χ2n) is 3.73. The van der Waals surface area contributed by atoms with Crippen molar-refractivity contribution >= 4 is 12.4 Å². The van der Waals surface area contributed by atoms with Crippen LogP contribution in [-0.2, 0) is 0 Å². The fraction of sp³-hybridized carbons (Fsp3) is 1.00. The van der Waals surface area contributed by atoms with E-state index in [1.807, 2.05) is 0 Å². The Bertz CT molecular complexity index is 115.